The molecule has 1 aliphatic heterocycles. The Bertz CT molecular complexity index is 485. The Hall–Kier alpha value is -1.57. The van der Waals surface area contributed by atoms with Crippen molar-refractivity contribution in [1.82, 2.24) is 0 Å². The fraction of sp³-hybridized carbons (Fsp3) is 0.357. The molecule has 1 aliphatic rings. The van der Waals surface area contributed by atoms with Crippen LogP contribution in [0.4, 0.5) is 0 Å². The van der Waals surface area contributed by atoms with E-state index < -0.39 is 5.60 Å². The Morgan fingerprint density at radius 1 is 1.25 bits per heavy atom. The summed E-state index contributed by atoms with van der Waals surface area (Å²) < 4.78 is 5.80. The molecule has 0 fully saturated rings. The zero-order chi connectivity index (χ0) is 11.9. The van der Waals surface area contributed by atoms with Crippen molar-refractivity contribution in [3.63, 3.8) is 0 Å². The third-order valence-electron chi connectivity index (χ3n) is 3.40. The lowest BCUT2D eigenvalue weighted by molar-refractivity contribution is -0.136. The molecule has 0 bridgehead atoms. The lowest BCUT2D eigenvalue weighted by atomic mass is 9.83. The highest BCUT2D eigenvalue weighted by Gasteiger charge is 2.39. The first kappa shape index (κ1) is 10.9. The number of carbonyl (C=O) groups is 1. The van der Waals surface area contributed by atoms with Gasteiger partial charge in [-0.05, 0) is 38.8 Å². The maximum absolute atomic E-state index is 11.8. The van der Waals surface area contributed by atoms with Crippen LogP contribution in [0.3, 0.4) is 0 Å². The highest BCUT2D eigenvalue weighted by molar-refractivity contribution is 5.89. The molecule has 0 N–H and O–H groups in total. The van der Waals surface area contributed by atoms with E-state index in [9.17, 15) is 4.79 Å². The highest BCUT2D eigenvalue weighted by atomic mass is 16.5. The molecule has 84 valence electrons. The van der Waals surface area contributed by atoms with Gasteiger partial charge in [0, 0.05) is 5.56 Å². The molecule has 0 saturated heterocycles. The van der Waals surface area contributed by atoms with Crippen LogP contribution in [0, 0.1) is 0 Å². The van der Waals surface area contributed by atoms with Gasteiger partial charge >= 0.3 is 0 Å². The first-order valence-electron chi connectivity index (χ1n) is 5.44. The topological polar surface area (TPSA) is 26.3 Å². The second kappa shape index (κ2) is 3.48. The van der Waals surface area contributed by atoms with Crippen LogP contribution < -0.4 is 0 Å². The van der Waals surface area contributed by atoms with E-state index >= 15 is 0 Å². The number of hydrogen-bond acceptors (Lipinski definition) is 2. The van der Waals surface area contributed by atoms with Crippen LogP contribution in [0.2, 0.25) is 0 Å². The number of carbonyl (C=O) groups excluding carboxylic acids is 1. The van der Waals surface area contributed by atoms with E-state index in [0.717, 1.165) is 22.5 Å². The molecule has 0 aliphatic carbocycles. The Balaban J connectivity index is 2.72. The van der Waals surface area contributed by atoms with Crippen molar-refractivity contribution in [2.45, 2.75) is 33.3 Å². The minimum absolute atomic E-state index is 0.0341. The molecule has 0 saturated carbocycles. The Morgan fingerprint density at radius 3 is 2.50 bits per heavy atom. The summed E-state index contributed by atoms with van der Waals surface area (Å²) in [6.07, 6.45) is 0. The molecule has 0 aromatic heterocycles. The average Bonchev–Trinajstić information content (AvgIpc) is 2.26. The van der Waals surface area contributed by atoms with Crippen molar-refractivity contribution < 1.29 is 9.53 Å². The van der Waals surface area contributed by atoms with Crippen molar-refractivity contribution >= 4 is 11.4 Å². The number of ketones is 1. The third-order valence-corrected chi connectivity index (χ3v) is 3.40. The van der Waals surface area contributed by atoms with Crippen LogP contribution in [0.15, 0.2) is 30.0 Å². The summed E-state index contributed by atoms with van der Waals surface area (Å²) in [5.41, 5.74) is 2.35. The number of hydrogen-bond donors (Lipinski definition) is 0. The van der Waals surface area contributed by atoms with Gasteiger partial charge < -0.3 is 4.74 Å². The van der Waals surface area contributed by atoms with Crippen molar-refractivity contribution in [2.24, 2.45) is 0 Å². The summed E-state index contributed by atoms with van der Waals surface area (Å²) in [6, 6.07) is 7.93. The number of rotatable bonds is 1. The number of benzene rings is 1. The predicted molar refractivity (Wildman–Crippen MR) is 63.8 cm³/mol. The minimum Gasteiger partial charge on any atom is -0.479 e. The Morgan fingerprint density at radius 2 is 1.88 bits per heavy atom. The maximum Gasteiger partial charge on any atom is 0.189 e. The van der Waals surface area contributed by atoms with Gasteiger partial charge in [0.2, 0.25) is 0 Å². The zero-order valence-corrected chi connectivity index (χ0v) is 10.1. The molecular weight excluding hydrogens is 200 g/mol. The lowest BCUT2D eigenvalue weighted by Gasteiger charge is -2.35. The molecule has 0 radical (unpaired) electrons. The predicted octanol–water partition coefficient (Wildman–Crippen LogP) is 3.27. The van der Waals surface area contributed by atoms with E-state index in [2.05, 4.69) is 0 Å². The molecule has 0 spiro atoms. The van der Waals surface area contributed by atoms with Crippen molar-refractivity contribution in [3.05, 3.63) is 41.2 Å². The van der Waals surface area contributed by atoms with Gasteiger partial charge in [-0.2, -0.15) is 0 Å². The van der Waals surface area contributed by atoms with E-state index in [1.165, 1.54) is 0 Å². The van der Waals surface area contributed by atoms with Crippen molar-refractivity contribution in [2.75, 3.05) is 0 Å². The van der Waals surface area contributed by atoms with Crippen LogP contribution in [0.1, 0.15) is 38.8 Å². The summed E-state index contributed by atoms with van der Waals surface area (Å²) in [4.78, 5) is 11.8. The standard InChI is InChI=1S/C14H16O2/c1-9-10(2)16-14(4,11(3)15)13-8-6-5-7-12(9)13/h5-8H,1-4H3. The summed E-state index contributed by atoms with van der Waals surface area (Å²) >= 11 is 0. The first-order valence-corrected chi connectivity index (χ1v) is 5.44. The van der Waals surface area contributed by atoms with Gasteiger partial charge in [-0.3, -0.25) is 4.79 Å². The molecule has 2 rings (SSSR count). The average molecular weight is 216 g/mol. The Labute approximate surface area is 95.9 Å². The fourth-order valence-corrected chi connectivity index (χ4v) is 2.11. The molecule has 1 atom stereocenters. The van der Waals surface area contributed by atoms with E-state index in [1.54, 1.807) is 6.92 Å². The maximum atomic E-state index is 11.8. The quantitative estimate of drug-likeness (QED) is 0.720. The van der Waals surface area contributed by atoms with Crippen LogP contribution in [0.5, 0.6) is 0 Å². The first-order chi connectivity index (χ1) is 7.47. The molecule has 1 heterocycles. The summed E-state index contributed by atoms with van der Waals surface area (Å²) in [7, 11) is 0. The molecule has 1 aromatic rings. The second-order valence-corrected chi connectivity index (χ2v) is 4.42. The monoisotopic (exact) mass is 216 g/mol. The molecule has 1 unspecified atom stereocenters. The molecular formula is C14H16O2. The van der Waals surface area contributed by atoms with Gasteiger partial charge in [0.25, 0.3) is 0 Å². The van der Waals surface area contributed by atoms with E-state index in [4.69, 9.17) is 4.74 Å². The van der Waals surface area contributed by atoms with E-state index in [1.807, 2.05) is 45.0 Å². The smallest absolute Gasteiger partial charge is 0.189 e. The van der Waals surface area contributed by atoms with E-state index in [-0.39, 0.29) is 5.78 Å². The summed E-state index contributed by atoms with van der Waals surface area (Å²) in [5.74, 6) is 0.864. The minimum atomic E-state index is -0.833. The SMILES string of the molecule is CC(=O)C1(C)OC(C)=C(C)c2ccccc21. The normalized spacial score (nSPS) is 23.8. The van der Waals surface area contributed by atoms with Gasteiger partial charge in [-0.25, -0.2) is 0 Å². The van der Waals surface area contributed by atoms with E-state index in [0.29, 0.717) is 0 Å². The second-order valence-electron chi connectivity index (χ2n) is 4.42. The van der Waals surface area contributed by atoms with Crippen LogP contribution >= 0.6 is 0 Å². The van der Waals surface area contributed by atoms with Crippen LogP contribution in [0.25, 0.3) is 5.57 Å². The molecule has 2 heteroatoms. The molecule has 1 aromatic carbocycles. The number of fused-ring (bicyclic) bond motifs is 1. The summed E-state index contributed by atoms with van der Waals surface area (Å²) in [6.45, 7) is 7.34. The van der Waals surface area contributed by atoms with Gasteiger partial charge in [-0.15, -0.1) is 0 Å². The summed E-state index contributed by atoms with van der Waals surface area (Å²) in [5, 5.41) is 0. The van der Waals surface area contributed by atoms with Gasteiger partial charge in [0.1, 0.15) is 0 Å². The molecule has 16 heavy (non-hydrogen) atoms. The highest BCUT2D eigenvalue weighted by Crippen LogP contribution is 2.40. The lowest BCUT2D eigenvalue weighted by Crippen LogP contribution is -2.36. The zero-order valence-electron chi connectivity index (χ0n) is 10.1. The van der Waals surface area contributed by atoms with Gasteiger partial charge in [-0.1, -0.05) is 24.3 Å². The van der Waals surface area contributed by atoms with Crippen molar-refractivity contribution in [3.8, 4) is 0 Å². The Kier molecular flexibility index (Phi) is 2.38. The number of Topliss-reactive ketones (excluding diaryl/α,β-unsaturated/α-hetero) is 1. The van der Waals surface area contributed by atoms with Crippen LogP contribution in [-0.4, -0.2) is 5.78 Å². The largest absolute Gasteiger partial charge is 0.479 e. The fourth-order valence-electron chi connectivity index (χ4n) is 2.11. The van der Waals surface area contributed by atoms with Gasteiger partial charge in [0.15, 0.2) is 11.4 Å². The molecule has 2 nitrogen and oxygen atoms in total. The number of allylic oxidation sites excluding steroid dienone is 2. The van der Waals surface area contributed by atoms with Crippen LogP contribution in [-0.2, 0) is 15.1 Å². The van der Waals surface area contributed by atoms with Crippen molar-refractivity contribution in [1.29, 1.82) is 0 Å². The third kappa shape index (κ3) is 1.37. The number of ether oxygens (including phenoxy) is 1. The molecule has 0 amide bonds. The van der Waals surface area contributed by atoms with Gasteiger partial charge in [0.05, 0.1) is 5.76 Å².